The monoisotopic (exact) mass is 224 g/mol. The van der Waals surface area contributed by atoms with E-state index in [9.17, 15) is 4.79 Å². The van der Waals surface area contributed by atoms with Crippen LogP contribution >= 0.6 is 0 Å². The second-order valence-electron chi connectivity index (χ2n) is 5.64. The minimum Gasteiger partial charge on any atom is -0.339 e. The summed E-state index contributed by atoms with van der Waals surface area (Å²) in [6.07, 6.45) is 5.02. The molecule has 0 aromatic rings. The highest BCUT2D eigenvalue weighted by atomic mass is 16.2. The fraction of sp³-hybridized carbons (Fsp3) is 0.923. The lowest BCUT2D eigenvalue weighted by Gasteiger charge is -2.36. The molecular weight excluding hydrogens is 200 g/mol. The number of piperidine rings is 1. The van der Waals surface area contributed by atoms with Crippen LogP contribution in [0.2, 0.25) is 0 Å². The fourth-order valence-electron chi connectivity index (χ4n) is 2.58. The lowest BCUT2D eigenvalue weighted by atomic mass is 9.93. The molecule has 1 aliphatic heterocycles. The van der Waals surface area contributed by atoms with Gasteiger partial charge in [-0.2, -0.15) is 0 Å². The summed E-state index contributed by atoms with van der Waals surface area (Å²) in [5, 5.41) is 3.28. The molecule has 16 heavy (non-hydrogen) atoms. The van der Waals surface area contributed by atoms with Crippen LogP contribution in [0.1, 0.15) is 39.5 Å². The molecule has 1 amide bonds. The summed E-state index contributed by atoms with van der Waals surface area (Å²) >= 11 is 0. The van der Waals surface area contributed by atoms with Gasteiger partial charge in [-0.25, -0.2) is 0 Å². The van der Waals surface area contributed by atoms with Gasteiger partial charge in [-0.3, -0.25) is 4.79 Å². The molecule has 2 fully saturated rings. The molecule has 0 aromatic heterocycles. The van der Waals surface area contributed by atoms with Gasteiger partial charge < -0.3 is 10.2 Å². The first-order valence-electron chi connectivity index (χ1n) is 6.67. The predicted molar refractivity (Wildman–Crippen MR) is 65.2 cm³/mol. The number of carbonyl (C=O) groups excluding carboxylic acids is 1. The van der Waals surface area contributed by atoms with Gasteiger partial charge in [0.25, 0.3) is 0 Å². The minimum atomic E-state index is 0.292. The molecule has 3 nitrogen and oxygen atoms in total. The van der Waals surface area contributed by atoms with Crippen LogP contribution in [0.25, 0.3) is 0 Å². The van der Waals surface area contributed by atoms with Gasteiger partial charge in [0.2, 0.25) is 5.91 Å². The van der Waals surface area contributed by atoms with Gasteiger partial charge in [0.05, 0.1) is 6.54 Å². The largest absolute Gasteiger partial charge is 0.339 e. The average Bonchev–Trinajstić information content (AvgIpc) is 3.01. The number of amides is 1. The van der Waals surface area contributed by atoms with Crippen LogP contribution in [0, 0.1) is 11.8 Å². The van der Waals surface area contributed by atoms with Crippen LogP contribution in [-0.4, -0.2) is 36.5 Å². The second-order valence-corrected chi connectivity index (χ2v) is 5.64. The van der Waals surface area contributed by atoms with Gasteiger partial charge in [-0.15, -0.1) is 0 Å². The van der Waals surface area contributed by atoms with Crippen LogP contribution in [0.5, 0.6) is 0 Å². The first-order valence-corrected chi connectivity index (χ1v) is 6.67. The number of nitrogens with zero attached hydrogens (tertiary/aromatic N) is 1. The van der Waals surface area contributed by atoms with Crippen molar-refractivity contribution in [2.24, 2.45) is 11.8 Å². The zero-order valence-corrected chi connectivity index (χ0v) is 10.5. The Balaban J connectivity index is 1.70. The number of hydrogen-bond donors (Lipinski definition) is 1. The van der Waals surface area contributed by atoms with E-state index < -0.39 is 0 Å². The zero-order chi connectivity index (χ0) is 11.5. The molecule has 0 bridgehead atoms. The highest BCUT2D eigenvalue weighted by molar-refractivity contribution is 5.78. The summed E-state index contributed by atoms with van der Waals surface area (Å²) in [4.78, 5) is 14.0. The van der Waals surface area contributed by atoms with Crippen LogP contribution in [0.15, 0.2) is 0 Å². The molecule has 1 aliphatic carbocycles. The van der Waals surface area contributed by atoms with Gasteiger partial charge in [0.15, 0.2) is 0 Å². The molecule has 1 heterocycles. The molecule has 0 spiro atoms. The third kappa shape index (κ3) is 3.21. The molecule has 92 valence electrons. The third-order valence-corrected chi connectivity index (χ3v) is 3.86. The number of rotatable bonds is 4. The lowest BCUT2D eigenvalue weighted by Crippen LogP contribution is -2.47. The van der Waals surface area contributed by atoms with Crippen LogP contribution < -0.4 is 5.32 Å². The molecule has 2 unspecified atom stereocenters. The number of hydrogen-bond acceptors (Lipinski definition) is 2. The van der Waals surface area contributed by atoms with Crippen molar-refractivity contribution in [3.8, 4) is 0 Å². The quantitative estimate of drug-likeness (QED) is 0.787. The van der Waals surface area contributed by atoms with Gasteiger partial charge in [-0.05, 0) is 51.0 Å². The van der Waals surface area contributed by atoms with E-state index in [4.69, 9.17) is 0 Å². The van der Waals surface area contributed by atoms with Crippen molar-refractivity contribution in [1.29, 1.82) is 0 Å². The van der Waals surface area contributed by atoms with E-state index in [2.05, 4.69) is 24.1 Å². The SMILES string of the molecule is CC1CCN(C(=O)CNCC2CC2)C(C)C1. The first-order chi connectivity index (χ1) is 7.66. The Morgan fingerprint density at radius 1 is 1.31 bits per heavy atom. The van der Waals surface area contributed by atoms with E-state index in [1.54, 1.807) is 0 Å². The summed E-state index contributed by atoms with van der Waals surface area (Å²) in [6, 6.07) is 0.430. The highest BCUT2D eigenvalue weighted by Gasteiger charge is 2.27. The van der Waals surface area contributed by atoms with Crippen molar-refractivity contribution in [3.63, 3.8) is 0 Å². The molecule has 1 saturated heterocycles. The summed E-state index contributed by atoms with van der Waals surface area (Å²) in [5.74, 6) is 1.92. The van der Waals surface area contributed by atoms with Crippen molar-refractivity contribution in [3.05, 3.63) is 0 Å². The van der Waals surface area contributed by atoms with Crippen molar-refractivity contribution >= 4 is 5.91 Å². The fourth-order valence-corrected chi connectivity index (χ4v) is 2.58. The van der Waals surface area contributed by atoms with E-state index in [1.165, 1.54) is 19.3 Å². The van der Waals surface area contributed by atoms with Gasteiger partial charge >= 0.3 is 0 Å². The Kier molecular flexibility index (Phi) is 3.85. The smallest absolute Gasteiger partial charge is 0.236 e. The van der Waals surface area contributed by atoms with Crippen LogP contribution in [0.3, 0.4) is 0 Å². The topological polar surface area (TPSA) is 32.3 Å². The van der Waals surface area contributed by atoms with Crippen molar-refractivity contribution in [2.75, 3.05) is 19.6 Å². The average molecular weight is 224 g/mol. The summed E-state index contributed by atoms with van der Waals surface area (Å²) in [5.41, 5.74) is 0. The summed E-state index contributed by atoms with van der Waals surface area (Å²) < 4.78 is 0. The van der Waals surface area contributed by atoms with Crippen molar-refractivity contribution < 1.29 is 4.79 Å². The zero-order valence-electron chi connectivity index (χ0n) is 10.5. The number of carbonyl (C=O) groups is 1. The third-order valence-electron chi connectivity index (χ3n) is 3.86. The molecule has 2 aliphatic rings. The maximum Gasteiger partial charge on any atom is 0.236 e. The summed E-state index contributed by atoms with van der Waals surface area (Å²) in [6.45, 7) is 6.98. The predicted octanol–water partition coefficient (Wildman–Crippen LogP) is 1.63. The van der Waals surface area contributed by atoms with Gasteiger partial charge in [0, 0.05) is 12.6 Å². The molecule has 1 saturated carbocycles. The van der Waals surface area contributed by atoms with E-state index in [0.717, 1.165) is 31.3 Å². The molecule has 2 atom stereocenters. The van der Waals surface area contributed by atoms with E-state index >= 15 is 0 Å². The Bertz CT molecular complexity index is 250. The molecule has 2 rings (SSSR count). The number of likely N-dealkylation sites (tertiary alicyclic amines) is 1. The Hall–Kier alpha value is -0.570. The first kappa shape index (κ1) is 11.9. The minimum absolute atomic E-state index is 0.292. The molecule has 3 heteroatoms. The van der Waals surface area contributed by atoms with E-state index in [0.29, 0.717) is 18.5 Å². The van der Waals surface area contributed by atoms with Gasteiger partial charge in [-0.1, -0.05) is 6.92 Å². The normalized spacial score (nSPS) is 30.5. The molecule has 0 radical (unpaired) electrons. The Morgan fingerprint density at radius 2 is 2.06 bits per heavy atom. The summed E-state index contributed by atoms with van der Waals surface area (Å²) in [7, 11) is 0. The van der Waals surface area contributed by atoms with E-state index in [1.807, 2.05) is 0 Å². The van der Waals surface area contributed by atoms with E-state index in [-0.39, 0.29) is 0 Å². The Labute approximate surface area is 98.6 Å². The van der Waals surface area contributed by atoms with Crippen LogP contribution in [-0.2, 0) is 4.79 Å². The van der Waals surface area contributed by atoms with Crippen molar-refractivity contribution in [2.45, 2.75) is 45.6 Å². The second kappa shape index (κ2) is 5.17. The van der Waals surface area contributed by atoms with Crippen LogP contribution in [0.4, 0.5) is 0 Å². The molecular formula is C13H24N2O. The molecule has 0 aromatic carbocycles. The van der Waals surface area contributed by atoms with Gasteiger partial charge in [0.1, 0.15) is 0 Å². The standard InChI is InChI=1S/C13H24N2O/c1-10-5-6-15(11(2)7-10)13(16)9-14-8-12-3-4-12/h10-12,14H,3-9H2,1-2H3. The maximum atomic E-state index is 12.0. The maximum absolute atomic E-state index is 12.0. The molecule has 1 N–H and O–H groups in total. The Morgan fingerprint density at radius 3 is 2.69 bits per heavy atom. The van der Waals surface area contributed by atoms with Crippen molar-refractivity contribution in [1.82, 2.24) is 10.2 Å². The number of nitrogens with one attached hydrogen (secondary N) is 1. The lowest BCUT2D eigenvalue weighted by molar-refractivity contribution is -0.134. The highest BCUT2D eigenvalue weighted by Crippen LogP contribution is 2.27.